The Kier molecular flexibility index (Phi) is 5.64. The first-order chi connectivity index (χ1) is 9.58. The highest BCUT2D eigenvalue weighted by molar-refractivity contribution is 9.10. The van der Waals surface area contributed by atoms with E-state index in [9.17, 15) is 0 Å². The normalized spacial score (nSPS) is 10.8. The van der Waals surface area contributed by atoms with Crippen LogP contribution in [0.25, 0.3) is 0 Å². The Morgan fingerprint density at radius 2 is 2.00 bits per heavy atom. The highest BCUT2D eigenvalue weighted by atomic mass is 79.9. The van der Waals surface area contributed by atoms with E-state index in [4.69, 9.17) is 0 Å². The molecule has 2 nitrogen and oxygen atoms in total. The van der Waals surface area contributed by atoms with Gasteiger partial charge < -0.3 is 5.32 Å². The minimum absolute atomic E-state index is 0.878. The second-order valence-electron chi connectivity index (χ2n) is 4.76. The summed E-state index contributed by atoms with van der Waals surface area (Å²) in [7, 11) is 0. The van der Waals surface area contributed by atoms with Crippen molar-refractivity contribution in [1.82, 2.24) is 10.3 Å². The Labute approximate surface area is 133 Å². The van der Waals surface area contributed by atoms with Gasteiger partial charge in [-0.15, -0.1) is 0 Å². The number of nitrogens with one attached hydrogen (secondary N) is 1. The van der Waals surface area contributed by atoms with Crippen molar-refractivity contribution in [1.29, 1.82) is 0 Å². The number of aryl methyl sites for hydroxylation is 2. The van der Waals surface area contributed by atoms with Gasteiger partial charge in [-0.05, 0) is 61.9 Å². The molecule has 0 fully saturated rings. The average Bonchev–Trinajstić information content (AvgIpc) is 2.38. The van der Waals surface area contributed by atoms with Gasteiger partial charge in [0.15, 0.2) is 0 Å². The van der Waals surface area contributed by atoms with Crippen LogP contribution in [0, 0.1) is 13.8 Å². The maximum absolute atomic E-state index is 4.60. The maximum atomic E-state index is 4.60. The van der Waals surface area contributed by atoms with E-state index in [0.29, 0.717) is 0 Å². The standard InChI is InChI=1S/C16H19BrN2S/c1-4-18-10-13-9-14(17)5-6-15(13)20-16-8-11(2)7-12(3)19-16/h5-9,18H,4,10H2,1-3H3. The van der Waals surface area contributed by atoms with Gasteiger partial charge in [0.05, 0.1) is 0 Å². The van der Waals surface area contributed by atoms with Gasteiger partial charge in [0, 0.05) is 21.6 Å². The molecule has 0 radical (unpaired) electrons. The molecule has 0 aliphatic rings. The first kappa shape index (κ1) is 15.5. The average molecular weight is 351 g/mol. The first-order valence-corrected chi connectivity index (χ1v) is 8.31. The highest BCUT2D eigenvalue weighted by Gasteiger charge is 2.07. The molecule has 1 N–H and O–H groups in total. The van der Waals surface area contributed by atoms with Crippen LogP contribution in [0.2, 0.25) is 0 Å². The third kappa shape index (κ3) is 4.33. The summed E-state index contributed by atoms with van der Waals surface area (Å²) < 4.78 is 1.11. The van der Waals surface area contributed by atoms with Crippen molar-refractivity contribution in [2.24, 2.45) is 0 Å². The molecule has 1 heterocycles. The third-order valence-electron chi connectivity index (χ3n) is 2.88. The lowest BCUT2D eigenvalue weighted by Crippen LogP contribution is -2.12. The highest BCUT2D eigenvalue weighted by Crippen LogP contribution is 2.31. The molecule has 0 aliphatic carbocycles. The van der Waals surface area contributed by atoms with Crippen LogP contribution >= 0.6 is 27.7 Å². The molecule has 0 aliphatic heterocycles. The van der Waals surface area contributed by atoms with Crippen molar-refractivity contribution in [2.45, 2.75) is 37.2 Å². The van der Waals surface area contributed by atoms with Crippen LogP contribution in [-0.4, -0.2) is 11.5 Å². The maximum Gasteiger partial charge on any atom is 0.101 e. The SMILES string of the molecule is CCNCc1cc(Br)ccc1Sc1cc(C)cc(C)n1. The number of benzene rings is 1. The van der Waals surface area contributed by atoms with Gasteiger partial charge in [0.1, 0.15) is 5.03 Å². The minimum atomic E-state index is 0.878. The van der Waals surface area contributed by atoms with Gasteiger partial charge in [0.2, 0.25) is 0 Å². The monoisotopic (exact) mass is 350 g/mol. The number of aromatic nitrogens is 1. The molecule has 0 bridgehead atoms. The summed E-state index contributed by atoms with van der Waals surface area (Å²) >= 11 is 5.27. The minimum Gasteiger partial charge on any atom is -0.313 e. The van der Waals surface area contributed by atoms with Crippen molar-refractivity contribution < 1.29 is 0 Å². The van der Waals surface area contributed by atoms with E-state index >= 15 is 0 Å². The molecule has 0 unspecified atom stereocenters. The molecule has 0 spiro atoms. The molecular formula is C16H19BrN2S. The fraction of sp³-hybridized carbons (Fsp3) is 0.312. The van der Waals surface area contributed by atoms with Crippen molar-refractivity contribution in [2.75, 3.05) is 6.54 Å². The summed E-state index contributed by atoms with van der Waals surface area (Å²) in [6, 6.07) is 10.6. The van der Waals surface area contributed by atoms with Crippen LogP contribution in [-0.2, 0) is 6.54 Å². The molecule has 0 amide bonds. The Hall–Kier alpha value is -0.840. The second-order valence-corrected chi connectivity index (χ2v) is 6.74. The summed E-state index contributed by atoms with van der Waals surface area (Å²) in [6.45, 7) is 8.12. The van der Waals surface area contributed by atoms with Gasteiger partial charge in [-0.25, -0.2) is 4.98 Å². The second kappa shape index (κ2) is 7.25. The topological polar surface area (TPSA) is 24.9 Å². The molecule has 2 rings (SSSR count). The van der Waals surface area contributed by atoms with Gasteiger partial charge in [-0.2, -0.15) is 0 Å². The quantitative estimate of drug-likeness (QED) is 0.844. The predicted molar refractivity (Wildman–Crippen MR) is 89.4 cm³/mol. The van der Waals surface area contributed by atoms with Crippen LogP contribution in [0.5, 0.6) is 0 Å². The molecule has 20 heavy (non-hydrogen) atoms. The van der Waals surface area contributed by atoms with Gasteiger partial charge in [-0.1, -0.05) is 34.6 Å². The Morgan fingerprint density at radius 1 is 1.20 bits per heavy atom. The summed E-state index contributed by atoms with van der Waals surface area (Å²) in [4.78, 5) is 5.86. The number of halogens is 1. The van der Waals surface area contributed by atoms with Crippen LogP contribution in [0.4, 0.5) is 0 Å². The molecule has 0 saturated heterocycles. The van der Waals surface area contributed by atoms with Crippen LogP contribution in [0.15, 0.2) is 44.7 Å². The summed E-state index contributed by atoms with van der Waals surface area (Å²) in [5.74, 6) is 0. The number of pyridine rings is 1. The van der Waals surface area contributed by atoms with Crippen molar-refractivity contribution in [3.05, 3.63) is 51.6 Å². The van der Waals surface area contributed by atoms with E-state index in [1.165, 1.54) is 16.0 Å². The van der Waals surface area contributed by atoms with Gasteiger partial charge in [0.25, 0.3) is 0 Å². The predicted octanol–water partition coefficient (Wildman–Crippen LogP) is 4.72. The molecule has 2 aromatic rings. The van der Waals surface area contributed by atoms with Crippen molar-refractivity contribution in [3.8, 4) is 0 Å². The fourth-order valence-corrected chi connectivity index (χ4v) is 3.48. The first-order valence-electron chi connectivity index (χ1n) is 6.70. The zero-order valence-corrected chi connectivity index (χ0v) is 14.4. The zero-order valence-electron chi connectivity index (χ0n) is 12.0. The van der Waals surface area contributed by atoms with E-state index < -0.39 is 0 Å². The summed E-state index contributed by atoms with van der Waals surface area (Å²) in [6.07, 6.45) is 0. The van der Waals surface area contributed by atoms with Gasteiger partial charge in [-0.3, -0.25) is 0 Å². The zero-order chi connectivity index (χ0) is 14.5. The number of hydrogen-bond acceptors (Lipinski definition) is 3. The lowest BCUT2D eigenvalue weighted by atomic mass is 10.2. The summed E-state index contributed by atoms with van der Waals surface area (Å²) in [5.41, 5.74) is 3.62. The van der Waals surface area contributed by atoms with Crippen molar-refractivity contribution >= 4 is 27.7 Å². The van der Waals surface area contributed by atoms with E-state index in [1.54, 1.807) is 11.8 Å². The molecular weight excluding hydrogens is 332 g/mol. The molecule has 0 atom stereocenters. The van der Waals surface area contributed by atoms with Gasteiger partial charge >= 0.3 is 0 Å². The number of hydrogen-bond donors (Lipinski definition) is 1. The number of nitrogens with zero attached hydrogens (tertiary/aromatic N) is 1. The van der Waals surface area contributed by atoms with E-state index in [-0.39, 0.29) is 0 Å². The lowest BCUT2D eigenvalue weighted by molar-refractivity contribution is 0.717. The van der Waals surface area contributed by atoms with Crippen LogP contribution < -0.4 is 5.32 Å². The number of rotatable bonds is 5. The Balaban J connectivity index is 2.27. The third-order valence-corrected chi connectivity index (χ3v) is 4.41. The van der Waals surface area contributed by atoms with E-state index in [0.717, 1.165) is 28.3 Å². The van der Waals surface area contributed by atoms with Crippen LogP contribution in [0.3, 0.4) is 0 Å². The molecule has 1 aromatic carbocycles. The van der Waals surface area contributed by atoms with Crippen molar-refractivity contribution in [3.63, 3.8) is 0 Å². The smallest absolute Gasteiger partial charge is 0.101 e. The fourth-order valence-electron chi connectivity index (χ4n) is 2.01. The van der Waals surface area contributed by atoms with E-state index in [2.05, 4.69) is 70.4 Å². The van der Waals surface area contributed by atoms with Crippen LogP contribution in [0.1, 0.15) is 23.7 Å². The van der Waals surface area contributed by atoms with E-state index in [1.807, 2.05) is 6.92 Å². The Morgan fingerprint density at radius 3 is 2.70 bits per heavy atom. The summed E-state index contributed by atoms with van der Waals surface area (Å²) in [5, 5.41) is 4.44. The largest absolute Gasteiger partial charge is 0.313 e. The molecule has 106 valence electrons. The molecule has 0 saturated carbocycles. The molecule has 1 aromatic heterocycles. The lowest BCUT2D eigenvalue weighted by Gasteiger charge is -2.11. The molecule has 4 heteroatoms. The Bertz CT molecular complexity index is 579.